The number of aromatic nitrogens is 1. The summed E-state index contributed by atoms with van der Waals surface area (Å²) in [4.78, 5) is 13.6. The average molecular weight is 221 g/mol. The molecule has 0 saturated heterocycles. The Labute approximate surface area is 98.5 Å². The van der Waals surface area contributed by atoms with Gasteiger partial charge in [-0.25, -0.2) is 0 Å². The molecule has 0 bridgehead atoms. The predicted molar refractivity (Wildman–Crippen MR) is 67.9 cm³/mol. The maximum absolute atomic E-state index is 10.5. The molecule has 0 atom stereocenters. The molecule has 90 valence electrons. The first kappa shape index (κ1) is 13.0. The van der Waals surface area contributed by atoms with E-state index in [2.05, 4.69) is 11.9 Å². The Hall–Kier alpha value is -1.05. The second-order valence-electron chi connectivity index (χ2n) is 4.43. The minimum absolute atomic E-state index is 0.693. The van der Waals surface area contributed by atoms with Crippen molar-refractivity contribution in [2.45, 2.75) is 58.3 Å². The van der Waals surface area contributed by atoms with Gasteiger partial charge in [-0.3, -0.25) is 4.79 Å². The van der Waals surface area contributed by atoms with Gasteiger partial charge in [0.1, 0.15) is 0 Å². The van der Waals surface area contributed by atoms with Crippen LogP contribution in [0.25, 0.3) is 0 Å². The molecule has 0 radical (unpaired) electrons. The van der Waals surface area contributed by atoms with E-state index in [1.165, 1.54) is 50.6 Å². The Morgan fingerprint density at radius 2 is 1.75 bits per heavy atom. The monoisotopic (exact) mass is 221 g/mol. The molecule has 2 heteroatoms. The fourth-order valence-corrected chi connectivity index (χ4v) is 1.95. The minimum atomic E-state index is 0.693. The third kappa shape index (κ3) is 5.15. The van der Waals surface area contributed by atoms with E-state index >= 15 is 0 Å². The van der Waals surface area contributed by atoms with Crippen LogP contribution < -0.4 is 0 Å². The molecule has 0 fully saturated rings. The summed E-state index contributed by atoms with van der Waals surface area (Å²) < 4.78 is 0. The van der Waals surface area contributed by atoms with E-state index in [1.807, 2.05) is 12.1 Å². The van der Waals surface area contributed by atoms with Gasteiger partial charge in [0.2, 0.25) is 0 Å². The summed E-state index contributed by atoms with van der Waals surface area (Å²) in [5.74, 6) is 0. The molecule has 0 amide bonds. The van der Waals surface area contributed by atoms with Crippen LogP contribution in [0.2, 0.25) is 0 Å². The van der Waals surface area contributed by atoms with Gasteiger partial charge in [0, 0.05) is 5.69 Å². The van der Waals surface area contributed by atoms with Crippen molar-refractivity contribution in [3.05, 3.63) is 23.5 Å². The van der Waals surface area contributed by atoms with Gasteiger partial charge in [-0.2, -0.15) is 0 Å². The number of carbonyl (C=O) groups excluding carboxylic acids is 1. The number of unbranched alkanes of at least 4 members (excludes halogenated alkanes) is 6. The number of hydrogen-bond donors (Lipinski definition) is 1. The van der Waals surface area contributed by atoms with Gasteiger partial charge in [-0.1, -0.05) is 45.4 Å². The van der Waals surface area contributed by atoms with Crippen molar-refractivity contribution in [1.29, 1.82) is 0 Å². The molecule has 0 aliphatic carbocycles. The van der Waals surface area contributed by atoms with Gasteiger partial charge >= 0.3 is 0 Å². The smallest absolute Gasteiger partial charge is 0.166 e. The summed E-state index contributed by atoms with van der Waals surface area (Å²) in [5.41, 5.74) is 1.88. The molecular weight excluding hydrogens is 198 g/mol. The van der Waals surface area contributed by atoms with Crippen LogP contribution in [0.5, 0.6) is 0 Å². The van der Waals surface area contributed by atoms with Crippen LogP contribution in [0, 0.1) is 0 Å². The van der Waals surface area contributed by atoms with Gasteiger partial charge < -0.3 is 4.98 Å². The van der Waals surface area contributed by atoms with Crippen LogP contribution >= 0.6 is 0 Å². The average Bonchev–Trinajstić information content (AvgIpc) is 2.76. The zero-order valence-corrected chi connectivity index (χ0v) is 10.3. The molecule has 1 N–H and O–H groups in total. The molecular formula is C14H23NO. The van der Waals surface area contributed by atoms with E-state index in [9.17, 15) is 4.79 Å². The first-order valence-corrected chi connectivity index (χ1v) is 6.50. The van der Waals surface area contributed by atoms with E-state index in [-0.39, 0.29) is 0 Å². The lowest BCUT2D eigenvalue weighted by atomic mass is 10.1. The summed E-state index contributed by atoms with van der Waals surface area (Å²) in [7, 11) is 0. The van der Waals surface area contributed by atoms with Crippen LogP contribution in [0.3, 0.4) is 0 Å². The lowest BCUT2D eigenvalue weighted by Gasteiger charge is -2.00. The maximum Gasteiger partial charge on any atom is 0.166 e. The molecule has 0 aromatic carbocycles. The number of aromatic amines is 1. The lowest BCUT2D eigenvalue weighted by molar-refractivity contribution is 0.111. The van der Waals surface area contributed by atoms with E-state index in [0.717, 1.165) is 12.7 Å². The SMILES string of the molecule is CCCCCCCCCc1ccc(C=O)[nH]1. The van der Waals surface area contributed by atoms with Crippen molar-refractivity contribution >= 4 is 6.29 Å². The van der Waals surface area contributed by atoms with E-state index in [4.69, 9.17) is 0 Å². The molecule has 0 aliphatic heterocycles. The largest absolute Gasteiger partial charge is 0.356 e. The zero-order chi connectivity index (χ0) is 11.6. The van der Waals surface area contributed by atoms with Crippen molar-refractivity contribution in [3.8, 4) is 0 Å². The second-order valence-corrected chi connectivity index (χ2v) is 4.43. The summed E-state index contributed by atoms with van der Waals surface area (Å²) in [6, 6.07) is 3.87. The summed E-state index contributed by atoms with van der Waals surface area (Å²) in [6.45, 7) is 2.25. The molecule has 16 heavy (non-hydrogen) atoms. The number of aryl methyl sites for hydroxylation is 1. The highest BCUT2D eigenvalue weighted by atomic mass is 16.1. The first-order chi connectivity index (χ1) is 7.86. The fourth-order valence-electron chi connectivity index (χ4n) is 1.95. The number of hydrogen-bond acceptors (Lipinski definition) is 1. The highest BCUT2D eigenvalue weighted by Gasteiger charge is 1.97. The molecule has 1 aromatic heterocycles. The van der Waals surface area contributed by atoms with Crippen molar-refractivity contribution in [3.63, 3.8) is 0 Å². The van der Waals surface area contributed by atoms with E-state index in [1.54, 1.807) is 0 Å². The molecule has 1 rings (SSSR count). The number of aldehydes is 1. The van der Waals surface area contributed by atoms with Crippen LogP contribution in [0.4, 0.5) is 0 Å². The third-order valence-electron chi connectivity index (χ3n) is 2.95. The van der Waals surface area contributed by atoms with Gasteiger partial charge in [0.25, 0.3) is 0 Å². The number of H-pyrrole nitrogens is 1. The van der Waals surface area contributed by atoms with Gasteiger partial charge in [-0.05, 0) is 25.0 Å². The van der Waals surface area contributed by atoms with Crippen LogP contribution in [0.1, 0.15) is 68.1 Å². The highest BCUT2D eigenvalue weighted by Crippen LogP contribution is 2.10. The minimum Gasteiger partial charge on any atom is -0.356 e. The van der Waals surface area contributed by atoms with Crippen molar-refractivity contribution < 1.29 is 4.79 Å². The van der Waals surface area contributed by atoms with Crippen LogP contribution in [0.15, 0.2) is 12.1 Å². The standard InChI is InChI=1S/C14H23NO/c1-2-3-4-5-6-7-8-9-13-10-11-14(12-16)15-13/h10-12,15H,2-9H2,1H3. The molecule has 2 nitrogen and oxygen atoms in total. The summed E-state index contributed by atoms with van der Waals surface area (Å²) in [5, 5.41) is 0. The summed E-state index contributed by atoms with van der Waals surface area (Å²) in [6.07, 6.45) is 11.3. The molecule has 1 aromatic rings. The number of carbonyl (C=O) groups is 1. The molecule has 0 saturated carbocycles. The number of nitrogens with one attached hydrogen (secondary N) is 1. The third-order valence-corrected chi connectivity index (χ3v) is 2.95. The van der Waals surface area contributed by atoms with Gasteiger partial charge in [0.15, 0.2) is 6.29 Å². The van der Waals surface area contributed by atoms with E-state index < -0.39 is 0 Å². The van der Waals surface area contributed by atoms with Crippen LogP contribution in [-0.2, 0) is 6.42 Å². The quantitative estimate of drug-likeness (QED) is 0.494. The first-order valence-electron chi connectivity index (χ1n) is 6.50. The lowest BCUT2D eigenvalue weighted by Crippen LogP contribution is -1.87. The summed E-state index contributed by atoms with van der Waals surface area (Å²) >= 11 is 0. The molecule has 0 spiro atoms. The normalized spacial score (nSPS) is 10.6. The predicted octanol–water partition coefficient (Wildman–Crippen LogP) is 4.12. The Balaban J connectivity index is 2.00. The topological polar surface area (TPSA) is 32.9 Å². The van der Waals surface area contributed by atoms with Crippen LogP contribution in [-0.4, -0.2) is 11.3 Å². The van der Waals surface area contributed by atoms with Gasteiger partial charge in [0.05, 0.1) is 5.69 Å². The second kappa shape index (κ2) is 8.14. The zero-order valence-electron chi connectivity index (χ0n) is 10.3. The maximum atomic E-state index is 10.5. The molecule has 0 aliphatic rings. The van der Waals surface area contributed by atoms with E-state index in [0.29, 0.717) is 5.69 Å². The fraction of sp³-hybridized carbons (Fsp3) is 0.643. The molecule has 0 unspecified atom stereocenters. The highest BCUT2D eigenvalue weighted by molar-refractivity contribution is 5.71. The molecule has 1 heterocycles. The Morgan fingerprint density at radius 3 is 2.38 bits per heavy atom. The van der Waals surface area contributed by atoms with Crippen molar-refractivity contribution in [2.24, 2.45) is 0 Å². The Bertz CT molecular complexity index is 291. The van der Waals surface area contributed by atoms with Crippen molar-refractivity contribution in [2.75, 3.05) is 0 Å². The Morgan fingerprint density at radius 1 is 1.06 bits per heavy atom. The number of rotatable bonds is 9. The van der Waals surface area contributed by atoms with Crippen molar-refractivity contribution in [1.82, 2.24) is 4.98 Å². The van der Waals surface area contributed by atoms with Gasteiger partial charge in [-0.15, -0.1) is 0 Å². The Kier molecular flexibility index (Phi) is 6.62.